The molecule has 1 aliphatic carbocycles. The van der Waals surface area contributed by atoms with E-state index in [-0.39, 0.29) is 22.1 Å². The second kappa shape index (κ2) is 6.02. The Hall–Kier alpha value is -1.62. The molecule has 0 spiro atoms. The van der Waals surface area contributed by atoms with E-state index < -0.39 is 0 Å². The van der Waals surface area contributed by atoms with Crippen LogP contribution >= 0.6 is 0 Å². The van der Waals surface area contributed by atoms with Gasteiger partial charge >= 0.3 is 5.69 Å². The minimum absolute atomic E-state index is 0.00681. The number of hydrogen-bond donors (Lipinski definition) is 1. The molecule has 1 fully saturated rings. The number of hydrogen-bond acceptors (Lipinski definition) is 4. The average molecular weight is 292 g/mol. The van der Waals surface area contributed by atoms with E-state index in [0.717, 1.165) is 19.4 Å². The van der Waals surface area contributed by atoms with Crippen LogP contribution in [-0.2, 0) is 0 Å². The molecule has 1 saturated carbocycles. The summed E-state index contributed by atoms with van der Waals surface area (Å²) in [6.45, 7) is 9.17. The van der Waals surface area contributed by atoms with Crippen molar-refractivity contribution in [1.82, 2.24) is 5.32 Å². The molecule has 0 saturated heterocycles. The standard InChI is InChI=1S/C16H24N2O3/c1-5-9-17-13-10-14(16(13,3)4)21-12-8-6-7-11(2)15(12)18(19)20/h6-8,13-14,17H,5,9-10H2,1-4H3. The van der Waals surface area contributed by atoms with Crippen LogP contribution in [0.25, 0.3) is 0 Å². The third kappa shape index (κ3) is 3.02. The summed E-state index contributed by atoms with van der Waals surface area (Å²) in [6.07, 6.45) is 1.99. The normalized spacial score (nSPS) is 23.4. The maximum Gasteiger partial charge on any atom is 0.313 e. The predicted molar refractivity (Wildman–Crippen MR) is 82.7 cm³/mol. The lowest BCUT2D eigenvalue weighted by molar-refractivity contribution is -0.386. The highest BCUT2D eigenvalue weighted by Crippen LogP contribution is 2.44. The molecule has 2 rings (SSSR count). The number of nitro benzene ring substituents is 1. The van der Waals surface area contributed by atoms with E-state index in [0.29, 0.717) is 17.4 Å². The number of ether oxygens (including phenoxy) is 1. The third-order valence-corrected chi connectivity index (χ3v) is 4.47. The SMILES string of the molecule is CCCNC1CC(Oc2cccc(C)c2[N+](=O)[O-])C1(C)C. The molecule has 1 aromatic rings. The van der Waals surface area contributed by atoms with Gasteiger partial charge in [0.15, 0.2) is 5.75 Å². The smallest absolute Gasteiger partial charge is 0.313 e. The lowest BCUT2D eigenvalue weighted by Crippen LogP contribution is -2.62. The summed E-state index contributed by atoms with van der Waals surface area (Å²) in [4.78, 5) is 10.9. The molecule has 0 bridgehead atoms. The van der Waals surface area contributed by atoms with Crippen molar-refractivity contribution in [3.63, 3.8) is 0 Å². The first-order valence-corrected chi connectivity index (χ1v) is 7.52. The van der Waals surface area contributed by atoms with Crippen LogP contribution in [0.2, 0.25) is 0 Å². The minimum atomic E-state index is -0.358. The van der Waals surface area contributed by atoms with Crippen molar-refractivity contribution in [2.45, 2.75) is 52.7 Å². The van der Waals surface area contributed by atoms with Crippen LogP contribution in [0.15, 0.2) is 18.2 Å². The largest absolute Gasteiger partial charge is 0.483 e. The number of para-hydroxylation sites is 1. The van der Waals surface area contributed by atoms with Gasteiger partial charge in [-0.05, 0) is 26.0 Å². The zero-order valence-corrected chi connectivity index (χ0v) is 13.2. The molecule has 5 heteroatoms. The first-order valence-electron chi connectivity index (χ1n) is 7.52. The van der Waals surface area contributed by atoms with Crippen LogP contribution in [0.5, 0.6) is 5.75 Å². The van der Waals surface area contributed by atoms with Crippen molar-refractivity contribution < 1.29 is 9.66 Å². The molecule has 2 atom stereocenters. The fourth-order valence-corrected chi connectivity index (χ4v) is 2.86. The molecule has 0 aliphatic heterocycles. The highest BCUT2D eigenvalue weighted by molar-refractivity contribution is 5.52. The summed E-state index contributed by atoms with van der Waals surface area (Å²) in [5, 5.41) is 14.7. The van der Waals surface area contributed by atoms with Gasteiger partial charge in [-0.15, -0.1) is 0 Å². The van der Waals surface area contributed by atoms with Crippen LogP contribution < -0.4 is 10.1 Å². The highest BCUT2D eigenvalue weighted by Gasteiger charge is 2.50. The van der Waals surface area contributed by atoms with Crippen molar-refractivity contribution in [3.05, 3.63) is 33.9 Å². The molecule has 0 heterocycles. The Morgan fingerprint density at radius 2 is 2.19 bits per heavy atom. The zero-order valence-electron chi connectivity index (χ0n) is 13.2. The summed E-state index contributed by atoms with van der Waals surface area (Å²) in [7, 11) is 0. The van der Waals surface area contributed by atoms with Crippen LogP contribution in [0.1, 0.15) is 39.2 Å². The Morgan fingerprint density at radius 3 is 2.76 bits per heavy atom. The Balaban J connectivity index is 2.11. The molecule has 0 aromatic heterocycles. The van der Waals surface area contributed by atoms with Crippen molar-refractivity contribution in [3.8, 4) is 5.75 Å². The molecule has 0 radical (unpaired) electrons. The number of nitrogens with zero attached hydrogens (tertiary/aromatic N) is 1. The molecule has 2 unspecified atom stereocenters. The van der Waals surface area contributed by atoms with Gasteiger partial charge in [-0.25, -0.2) is 0 Å². The quantitative estimate of drug-likeness (QED) is 0.644. The van der Waals surface area contributed by atoms with Gasteiger partial charge in [-0.1, -0.05) is 32.9 Å². The number of benzene rings is 1. The van der Waals surface area contributed by atoms with Gasteiger partial charge in [0.25, 0.3) is 0 Å². The number of nitro groups is 1. The Kier molecular flexibility index (Phi) is 4.52. The first kappa shape index (κ1) is 15.8. The topological polar surface area (TPSA) is 64.4 Å². The number of nitrogens with one attached hydrogen (secondary N) is 1. The average Bonchev–Trinajstić information content (AvgIpc) is 2.41. The van der Waals surface area contributed by atoms with Gasteiger partial charge in [0.1, 0.15) is 6.10 Å². The molecule has 1 aromatic carbocycles. The van der Waals surface area contributed by atoms with E-state index in [2.05, 4.69) is 26.1 Å². The van der Waals surface area contributed by atoms with Crippen molar-refractivity contribution in [1.29, 1.82) is 0 Å². The molecular weight excluding hydrogens is 268 g/mol. The van der Waals surface area contributed by atoms with E-state index in [1.165, 1.54) is 0 Å². The van der Waals surface area contributed by atoms with Gasteiger partial charge in [0, 0.05) is 23.4 Å². The predicted octanol–water partition coefficient (Wildman–Crippen LogP) is 3.45. The molecular formula is C16H24N2O3. The fraction of sp³-hybridized carbons (Fsp3) is 0.625. The molecule has 0 amide bonds. The second-order valence-corrected chi connectivity index (χ2v) is 6.35. The van der Waals surface area contributed by atoms with Crippen LogP contribution in [0.3, 0.4) is 0 Å². The van der Waals surface area contributed by atoms with Gasteiger partial charge < -0.3 is 10.1 Å². The van der Waals surface area contributed by atoms with Crippen molar-refractivity contribution in [2.24, 2.45) is 5.41 Å². The summed E-state index contributed by atoms with van der Waals surface area (Å²) in [5.41, 5.74) is 0.695. The Bertz CT molecular complexity index is 528. The van der Waals surface area contributed by atoms with E-state index in [1.807, 2.05) is 0 Å². The summed E-state index contributed by atoms with van der Waals surface area (Å²) in [5.74, 6) is 0.381. The first-order chi connectivity index (χ1) is 9.87. The number of aryl methyl sites for hydroxylation is 1. The Morgan fingerprint density at radius 1 is 1.48 bits per heavy atom. The van der Waals surface area contributed by atoms with Crippen molar-refractivity contribution >= 4 is 5.69 Å². The van der Waals surface area contributed by atoms with Crippen LogP contribution in [-0.4, -0.2) is 23.6 Å². The minimum Gasteiger partial charge on any atom is -0.483 e. The molecule has 116 valence electrons. The number of rotatable bonds is 6. The summed E-state index contributed by atoms with van der Waals surface area (Å²) >= 11 is 0. The molecule has 21 heavy (non-hydrogen) atoms. The van der Waals surface area contributed by atoms with Gasteiger partial charge in [-0.2, -0.15) is 0 Å². The highest BCUT2D eigenvalue weighted by atomic mass is 16.6. The maximum absolute atomic E-state index is 11.2. The molecule has 5 nitrogen and oxygen atoms in total. The molecule has 1 N–H and O–H groups in total. The maximum atomic E-state index is 11.2. The lowest BCUT2D eigenvalue weighted by Gasteiger charge is -2.51. The zero-order chi connectivity index (χ0) is 15.6. The van der Waals surface area contributed by atoms with E-state index in [9.17, 15) is 10.1 Å². The summed E-state index contributed by atoms with van der Waals surface area (Å²) in [6, 6.07) is 5.64. The van der Waals surface area contributed by atoms with Gasteiger partial charge in [0.2, 0.25) is 0 Å². The lowest BCUT2D eigenvalue weighted by atomic mass is 9.64. The van der Waals surface area contributed by atoms with Gasteiger partial charge in [-0.3, -0.25) is 10.1 Å². The monoisotopic (exact) mass is 292 g/mol. The van der Waals surface area contributed by atoms with Crippen molar-refractivity contribution in [2.75, 3.05) is 6.54 Å². The van der Waals surface area contributed by atoms with E-state index in [4.69, 9.17) is 4.74 Å². The van der Waals surface area contributed by atoms with Crippen LogP contribution in [0.4, 0.5) is 5.69 Å². The van der Waals surface area contributed by atoms with E-state index in [1.54, 1.807) is 25.1 Å². The third-order valence-electron chi connectivity index (χ3n) is 4.47. The fourth-order valence-electron chi connectivity index (χ4n) is 2.86. The Labute approximate surface area is 125 Å². The molecule has 1 aliphatic rings. The van der Waals surface area contributed by atoms with Crippen LogP contribution in [0, 0.1) is 22.5 Å². The van der Waals surface area contributed by atoms with E-state index >= 15 is 0 Å². The summed E-state index contributed by atoms with van der Waals surface area (Å²) < 4.78 is 5.97. The van der Waals surface area contributed by atoms with Gasteiger partial charge in [0.05, 0.1) is 4.92 Å². The second-order valence-electron chi connectivity index (χ2n) is 6.35.